The van der Waals surface area contributed by atoms with Crippen LogP contribution in [0.5, 0.6) is 0 Å². The van der Waals surface area contributed by atoms with Crippen LogP contribution >= 0.6 is 0 Å². The zero-order chi connectivity index (χ0) is 14.5. The third-order valence-electron chi connectivity index (χ3n) is 6.50. The lowest BCUT2D eigenvalue weighted by atomic mass is 9.38. The van der Waals surface area contributed by atoms with E-state index in [4.69, 9.17) is 9.47 Å². The fraction of sp³-hybridized carbons (Fsp3) is 0.824. The van der Waals surface area contributed by atoms with Gasteiger partial charge in [-0.2, -0.15) is 0 Å². The third-order valence-corrected chi connectivity index (χ3v) is 6.50. The molecule has 0 radical (unpaired) electrons. The van der Waals surface area contributed by atoms with Crippen molar-refractivity contribution in [2.75, 3.05) is 20.8 Å². The van der Waals surface area contributed by atoms with E-state index in [1.807, 2.05) is 0 Å². The van der Waals surface area contributed by atoms with Crippen molar-refractivity contribution in [2.24, 2.45) is 28.6 Å². The van der Waals surface area contributed by atoms with E-state index in [0.29, 0.717) is 29.8 Å². The molecule has 0 saturated heterocycles. The minimum atomic E-state index is -0.426. The van der Waals surface area contributed by atoms with Gasteiger partial charge in [-0.3, -0.25) is 4.79 Å². The topological polar surface area (TPSA) is 35.5 Å². The van der Waals surface area contributed by atoms with Crippen LogP contribution in [0.4, 0.5) is 0 Å². The van der Waals surface area contributed by atoms with Crippen molar-refractivity contribution >= 4 is 5.97 Å². The number of ether oxygens (including phenoxy) is 2. The summed E-state index contributed by atoms with van der Waals surface area (Å²) in [4.78, 5) is 12.6. The summed E-state index contributed by atoms with van der Waals surface area (Å²) < 4.78 is 10.7. The van der Waals surface area contributed by atoms with E-state index in [1.54, 1.807) is 7.11 Å². The minimum absolute atomic E-state index is 0.0574. The largest absolute Gasteiger partial charge is 0.469 e. The highest BCUT2D eigenvalue weighted by Gasteiger charge is 2.69. The molecule has 0 amide bonds. The van der Waals surface area contributed by atoms with Crippen molar-refractivity contribution in [3.05, 3.63) is 11.6 Å². The first-order valence-corrected chi connectivity index (χ1v) is 7.75. The molecule has 0 aromatic carbocycles. The van der Waals surface area contributed by atoms with Crippen LogP contribution in [0.3, 0.4) is 0 Å². The average molecular weight is 278 g/mol. The molecular weight excluding hydrogens is 252 g/mol. The highest BCUT2D eigenvalue weighted by molar-refractivity contribution is 5.78. The molecule has 0 spiro atoms. The molecule has 3 nitrogen and oxygen atoms in total. The van der Waals surface area contributed by atoms with E-state index in [-0.39, 0.29) is 5.97 Å². The van der Waals surface area contributed by atoms with Gasteiger partial charge in [-0.25, -0.2) is 0 Å². The van der Waals surface area contributed by atoms with Crippen molar-refractivity contribution < 1.29 is 14.3 Å². The molecule has 0 heterocycles. The molecule has 3 aliphatic carbocycles. The van der Waals surface area contributed by atoms with Gasteiger partial charge in [0.25, 0.3) is 0 Å². The predicted octanol–water partition coefficient (Wildman–Crippen LogP) is 3.19. The van der Waals surface area contributed by atoms with Crippen LogP contribution in [0, 0.1) is 28.6 Å². The van der Waals surface area contributed by atoms with Crippen LogP contribution < -0.4 is 0 Å². The van der Waals surface area contributed by atoms with Gasteiger partial charge in [0.05, 0.1) is 19.1 Å². The first-order valence-electron chi connectivity index (χ1n) is 7.75. The van der Waals surface area contributed by atoms with E-state index in [1.165, 1.54) is 19.1 Å². The Kier molecular flexibility index (Phi) is 3.24. The Bertz CT molecular complexity index is 455. The van der Waals surface area contributed by atoms with Crippen LogP contribution in [0.2, 0.25) is 0 Å². The minimum Gasteiger partial charge on any atom is -0.469 e. The van der Waals surface area contributed by atoms with Crippen LogP contribution in [-0.4, -0.2) is 26.8 Å². The van der Waals surface area contributed by atoms with Gasteiger partial charge in [-0.1, -0.05) is 25.0 Å². The Balaban J connectivity index is 2.05. The standard InChI is InChI=1S/C17H26O3/c1-11-6-7-12-14-13(11)16(12,2)8-5-9-17(14,10-19-3)15(18)20-4/h6,12-14H,5,7-10H2,1-4H3. The molecule has 2 fully saturated rings. The van der Waals surface area contributed by atoms with Crippen LogP contribution in [0.1, 0.15) is 39.5 Å². The molecule has 3 aliphatic rings. The molecule has 0 N–H and O–H groups in total. The summed E-state index contributed by atoms with van der Waals surface area (Å²) in [7, 11) is 3.22. The molecule has 3 heteroatoms. The molecule has 0 aromatic heterocycles. The Morgan fingerprint density at radius 2 is 2.15 bits per heavy atom. The zero-order valence-corrected chi connectivity index (χ0v) is 13.1. The first-order chi connectivity index (χ1) is 9.51. The summed E-state index contributed by atoms with van der Waals surface area (Å²) in [5.74, 6) is 1.51. The number of rotatable bonds is 3. The van der Waals surface area contributed by atoms with E-state index in [0.717, 1.165) is 19.3 Å². The Morgan fingerprint density at radius 3 is 2.75 bits per heavy atom. The second-order valence-electron chi connectivity index (χ2n) is 7.23. The van der Waals surface area contributed by atoms with Gasteiger partial charge in [-0.15, -0.1) is 0 Å². The van der Waals surface area contributed by atoms with E-state index >= 15 is 0 Å². The summed E-state index contributed by atoms with van der Waals surface area (Å²) in [5, 5.41) is 0. The van der Waals surface area contributed by atoms with E-state index in [2.05, 4.69) is 19.9 Å². The van der Waals surface area contributed by atoms with Crippen LogP contribution in [0.15, 0.2) is 11.6 Å². The summed E-state index contributed by atoms with van der Waals surface area (Å²) in [6, 6.07) is 0. The lowest BCUT2D eigenvalue weighted by Crippen LogP contribution is -2.64. The van der Waals surface area contributed by atoms with Gasteiger partial charge in [0.2, 0.25) is 0 Å². The van der Waals surface area contributed by atoms with Gasteiger partial charge in [0.15, 0.2) is 0 Å². The Labute approximate surface area is 121 Å². The highest BCUT2D eigenvalue weighted by atomic mass is 16.5. The number of methoxy groups -OCH3 is 2. The molecule has 5 atom stereocenters. The van der Waals surface area contributed by atoms with Gasteiger partial charge < -0.3 is 9.47 Å². The van der Waals surface area contributed by atoms with Gasteiger partial charge >= 0.3 is 5.97 Å². The molecule has 4 bridgehead atoms. The average Bonchev–Trinajstić information content (AvgIpc) is 2.64. The van der Waals surface area contributed by atoms with Crippen molar-refractivity contribution in [1.82, 2.24) is 0 Å². The Morgan fingerprint density at radius 1 is 1.40 bits per heavy atom. The smallest absolute Gasteiger partial charge is 0.314 e. The molecule has 3 rings (SSSR count). The molecule has 2 saturated carbocycles. The number of carbonyl (C=O) groups is 1. The quantitative estimate of drug-likeness (QED) is 0.587. The second kappa shape index (κ2) is 4.59. The van der Waals surface area contributed by atoms with E-state index < -0.39 is 5.41 Å². The number of allylic oxidation sites excluding steroid dienone is 2. The maximum absolute atomic E-state index is 12.6. The van der Waals surface area contributed by atoms with Gasteiger partial charge in [-0.05, 0) is 49.4 Å². The molecule has 0 aromatic rings. The Hall–Kier alpha value is -0.830. The molecule has 0 aliphatic heterocycles. The maximum Gasteiger partial charge on any atom is 0.314 e. The normalized spacial score (nSPS) is 46.0. The number of carbonyl (C=O) groups excluding carboxylic acids is 1. The monoisotopic (exact) mass is 278 g/mol. The fourth-order valence-electron chi connectivity index (χ4n) is 5.75. The fourth-order valence-corrected chi connectivity index (χ4v) is 5.75. The number of hydrogen-bond donors (Lipinski definition) is 0. The summed E-state index contributed by atoms with van der Waals surface area (Å²) in [6.45, 7) is 5.17. The lowest BCUT2D eigenvalue weighted by Gasteiger charge is -2.66. The summed E-state index contributed by atoms with van der Waals surface area (Å²) in [5.41, 5.74) is 1.45. The molecular formula is C17H26O3. The number of fused-ring (bicyclic) bond motifs is 1. The lowest BCUT2D eigenvalue weighted by molar-refractivity contribution is -0.192. The molecule has 5 unspecified atom stereocenters. The van der Waals surface area contributed by atoms with Crippen molar-refractivity contribution in [3.63, 3.8) is 0 Å². The third kappa shape index (κ3) is 1.53. The predicted molar refractivity (Wildman–Crippen MR) is 77.1 cm³/mol. The molecule has 112 valence electrons. The summed E-state index contributed by atoms with van der Waals surface area (Å²) >= 11 is 0. The van der Waals surface area contributed by atoms with Gasteiger partial charge in [0, 0.05) is 7.11 Å². The van der Waals surface area contributed by atoms with Crippen molar-refractivity contribution in [3.8, 4) is 0 Å². The zero-order valence-electron chi connectivity index (χ0n) is 13.1. The van der Waals surface area contributed by atoms with Crippen molar-refractivity contribution in [2.45, 2.75) is 39.5 Å². The summed E-state index contributed by atoms with van der Waals surface area (Å²) in [6.07, 6.45) is 6.74. The maximum atomic E-state index is 12.6. The molecule has 20 heavy (non-hydrogen) atoms. The van der Waals surface area contributed by atoms with Crippen molar-refractivity contribution in [1.29, 1.82) is 0 Å². The van der Waals surface area contributed by atoms with Crippen LogP contribution in [0.25, 0.3) is 0 Å². The number of hydrogen-bond acceptors (Lipinski definition) is 3. The van der Waals surface area contributed by atoms with Gasteiger partial charge in [0.1, 0.15) is 0 Å². The second-order valence-corrected chi connectivity index (χ2v) is 7.23. The SMILES string of the molecule is COCC1(C(=O)OC)CCCC2(C)C3CC=C(C)C2C31. The highest BCUT2D eigenvalue weighted by Crippen LogP contribution is 2.72. The van der Waals surface area contributed by atoms with Crippen LogP contribution in [-0.2, 0) is 14.3 Å². The number of esters is 1. The van der Waals surface area contributed by atoms with E-state index in [9.17, 15) is 4.79 Å². The first kappa shape index (κ1) is 14.1.